The van der Waals surface area contributed by atoms with E-state index < -0.39 is 14.9 Å². The van der Waals surface area contributed by atoms with E-state index in [1.54, 1.807) is 36.4 Å². The Labute approximate surface area is 187 Å². The largest absolute Gasteiger partial charge is 0.494 e. The molecule has 1 heterocycles. The maximum absolute atomic E-state index is 12.8. The highest BCUT2D eigenvalue weighted by molar-refractivity contribution is 7.92. The standard InChI is InChI=1S/C22H27N3O6S/c1-32(29,30)23-19-5-3-17(4-6-19)22(26)18-11-14-24(15-12-18)13-2-16-31-21-9-7-20(8-10-21)25(27)28/h3-10,18,23H,2,11-16H2,1H3. The summed E-state index contributed by atoms with van der Waals surface area (Å²) in [5.41, 5.74) is 1.07. The second kappa shape index (κ2) is 10.6. The van der Waals surface area contributed by atoms with Crippen molar-refractivity contribution < 1.29 is 22.9 Å². The molecule has 172 valence electrons. The van der Waals surface area contributed by atoms with Crippen molar-refractivity contribution in [3.05, 3.63) is 64.2 Å². The summed E-state index contributed by atoms with van der Waals surface area (Å²) in [6.45, 7) is 3.05. The van der Waals surface area contributed by atoms with Gasteiger partial charge in [0.2, 0.25) is 10.0 Å². The number of nitro benzene ring substituents is 1. The molecule has 0 aromatic heterocycles. The van der Waals surface area contributed by atoms with Crippen molar-refractivity contribution in [3.8, 4) is 5.75 Å². The zero-order valence-electron chi connectivity index (χ0n) is 17.9. The number of likely N-dealkylation sites (tertiary alicyclic amines) is 1. The average molecular weight is 462 g/mol. The minimum atomic E-state index is -3.34. The molecule has 1 saturated heterocycles. The van der Waals surface area contributed by atoms with Crippen molar-refractivity contribution in [2.75, 3.05) is 37.2 Å². The van der Waals surface area contributed by atoms with E-state index in [0.717, 1.165) is 45.2 Å². The molecular weight excluding hydrogens is 434 g/mol. The predicted octanol–water partition coefficient (Wildman–Crippen LogP) is 3.33. The number of non-ortho nitro benzene ring substituents is 1. The van der Waals surface area contributed by atoms with E-state index in [4.69, 9.17) is 4.74 Å². The third-order valence-corrected chi connectivity index (χ3v) is 5.97. The minimum absolute atomic E-state index is 0.0312. The van der Waals surface area contributed by atoms with E-state index in [9.17, 15) is 23.3 Å². The van der Waals surface area contributed by atoms with Crippen LogP contribution in [0, 0.1) is 16.0 Å². The second-order valence-electron chi connectivity index (χ2n) is 7.88. The van der Waals surface area contributed by atoms with Gasteiger partial charge in [-0.25, -0.2) is 8.42 Å². The number of anilines is 1. The molecule has 0 aliphatic carbocycles. The second-order valence-corrected chi connectivity index (χ2v) is 9.63. The Bertz CT molecular complexity index is 1030. The summed E-state index contributed by atoms with van der Waals surface area (Å²) in [6, 6.07) is 12.6. The summed E-state index contributed by atoms with van der Waals surface area (Å²) in [6.07, 6.45) is 3.48. The minimum Gasteiger partial charge on any atom is -0.494 e. The number of sulfonamides is 1. The molecule has 1 fully saturated rings. The van der Waals surface area contributed by atoms with Gasteiger partial charge in [-0.2, -0.15) is 0 Å². The number of piperidine rings is 1. The van der Waals surface area contributed by atoms with Crippen molar-refractivity contribution in [1.82, 2.24) is 4.90 Å². The van der Waals surface area contributed by atoms with Gasteiger partial charge in [0.05, 0.1) is 17.8 Å². The lowest BCUT2D eigenvalue weighted by Crippen LogP contribution is -2.37. The smallest absolute Gasteiger partial charge is 0.269 e. The van der Waals surface area contributed by atoms with Crippen molar-refractivity contribution in [2.24, 2.45) is 5.92 Å². The Hall–Kier alpha value is -2.98. The van der Waals surface area contributed by atoms with Crippen LogP contribution in [-0.2, 0) is 10.0 Å². The van der Waals surface area contributed by atoms with Crippen molar-refractivity contribution >= 4 is 27.2 Å². The fourth-order valence-electron chi connectivity index (χ4n) is 3.71. The third-order valence-electron chi connectivity index (χ3n) is 5.37. The summed E-state index contributed by atoms with van der Waals surface area (Å²) in [5, 5.41) is 10.7. The normalized spacial score (nSPS) is 15.3. The van der Waals surface area contributed by atoms with Crippen LogP contribution in [0.25, 0.3) is 0 Å². The summed E-state index contributed by atoms with van der Waals surface area (Å²) in [7, 11) is -3.34. The average Bonchev–Trinajstić information content (AvgIpc) is 2.76. The van der Waals surface area contributed by atoms with Crippen molar-refractivity contribution in [3.63, 3.8) is 0 Å². The number of nitro groups is 1. The van der Waals surface area contributed by atoms with Crippen LogP contribution in [0.5, 0.6) is 5.75 Å². The first-order chi connectivity index (χ1) is 15.2. The van der Waals surface area contributed by atoms with E-state index in [0.29, 0.717) is 23.6 Å². The SMILES string of the molecule is CS(=O)(=O)Nc1ccc(C(=O)C2CCN(CCCOc3ccc([N+](=O)[O-])cc3)CC2)cc1. The van der Waals surface area contributed by atoms with E-state index in [1.165, 1.54) is 12.1 Å². The Kier molecular flexibility index (Phi) is 7.81. The fourth-order valence-corrected chi connectivity index (χ4v) is 4.28. The Morgan fingerprint density at radius 1 is 1.12 bits per heavy atom. The van der Waals surface area contributed by atoms with Crippen LogP contribution >= 0.6 is 0 Å². The quantitative estimate of drug-likeness (QED) is 0.249. The van der Waals surface area contributed by atoms with Gasteiger partial charge in [0.1, 0.15) is 5.75 Å². The number of nitrogens with one attached hydrogen (secondary N) is 1. The Morgan fingerprint density at radius 3 is 2.31 bits per heavy atom. The number of hydrogen-bond acceptors (Lipinski definition) is 7. The van der Waals surface area contributed by atoms with E-state index in [-0.39, 0.29) is 17.4 Å². The van der Waals surface area contributed by atoms with Crippen LogP contribution in [-0.4, -0.2) is 56.5 Å². The molecule has 10 heteroatoms. The summed E-state index contributed by atoms with van der Waals surface area (Å²) >= 11 is 0. The Balaban J connectivity index is 1.38. The van der Waals surface area contributed by atoms with Gasteiger partial charge in [-0.15, -0.1) is 0 Å². The topological polar surface area (TPSA) is 119 Å². The number of hydrogen-bond donors (Lipinski definition) is 1. The molecule has 2 aromatic carbocycles. The van der Waals surface area contributed by atoms with Gasteiger partial charge in [-0.05, 0) is 68.8 Å². The number of nitrogens with zero attached hydrogens (tertiary/aromatic N) is 2. The number of ether oxygens (including phenoxy) is 1. The number of benzene rings is 2. The van der Waals surface area contributed by atoms with Gasteiger partial charge in [0.25, 0.3) is 5.69 Å². The number of rotatable bonds is 10. The van der Waals surface area contributed by atoms with Crippen LogP contribution in [0.1, 0.15) is 29.6 Å². The molecule has 0 radical (unpaired) electrons. The van der Waals surface area contributed by atoms with Crippen LogP contribution in [0.4, 0.5) is 11.4 Å². The summed E-state index contributed by atoms with van der Waals surface area (Å²) in [4.78, 5) is 25.3. The highest BCUT2D eigenvalue weighted by Crippen LogP contribution is 2.23. The molecule has 1 N–H and O–H groups in total. The lowest BCUT2D eigenvalue weighted by atomic mass is 9.89. The molecule has 0 atom stereocenters. The highest BCUT2D eigenvalue weighted by Gasteiger charge is 2.25. The number of carbonyl (C=O) groups excluding carboxylic acids is 1. The van der Waals surface area contributed by atoms with Crippen molar-refractivity contribution in [1.29, 1.82) is 0 Å². The zero-order valence-corrected chi connectivity index (χ0v) is 18.7. The molecule has 1 aliphatic rings. The molecule has 0 unspecified atom stereocenters. The van der Waals surface area contributed by atoms with Crippen LogP contribution in [0.2, 0.25) is 0 Å². The van der Waals surface area contributed by atoms with Crippen LogP contribution in [0.15, 0.2) is 48.5 Å². The van der Waals surface area contributed by atoms with Gasteiger partial charge in [0, 0.05) is 35.8 Å². The Morgan fingerprint density at radius 2 is 1.75 bits per heavy atom. The lowest BCUT2D eigenvalue weighted by Gasteiger charge is -2.31. The van der Waals surface area contributed by atoms with E-state index in [2.05, 4.69) is 9.62 Å². The molecule has 9 nitrogen and oxygen atoms in total. The molecule has 0 saturated carbocycles. The molecular formula is C22H27N3O6S. The summed E-state index contributed by atoms with van der Waals surface area (Å²) < 4.78 is 30.6. The molecule has 3 rings (SSSR count). The third kappa shape index (κ3) is 7.03. The highest BCUT2D eigenvalue weighted by atomic mass is 32.2. The maximum Gasteiger partial charge on any atom is 0.269 e. The van der Waals surface area contributed by atoms with Crippen LogP contribution < -0.4 is 9.46 Å². The first-order valence-electron chi connectivity index (χ1n) is 10.4. The molecule has 32 heavy (non-hydrogen) atoms. The fraction of sp³-hybridized carbons (Fsp3) is 0.409. The first kappa shape index (κ1) is 23.7. The first-order valence-corrected chi connectivity index (χ1v) is 12.3. The van der Waals surface area contributed by atoms with Gasteiger partial charge in [-0.1, -0.05) is 0 Å². The van der Waals surface area contributed by atoms with Gasteiger partial charge in [-0.3, -0.25) is 19.6 Å². The molecule has 0 amide bonds. The molecule has 2 aromatic rings. The van der Waals surface area contributed by atoms with Gasteiger partial charge >= 0.3 is 0 Å². The molecule has 1 aliphatic heterocycles. The number of ketones is 1. The maximum atomic E-state index is 12.8. The zero-order chi connectivity index (χ0) is 23.1. The monoisotopic (exact) mass is 461 g/mol. The van der Waals surface area contributed by atoms with Crippen LogP contribution in [0.3, 0.4) is 0 Å². The number of Topliss-reactive ketones (excluding diaryl/α,β-unsaturated/α-hetero) is 1. The number of carbonyl (C=O) groups is 1. The lowest BCUT2D eigenvalue weighted by molar-refractivity contribution is -0.384. The van der Waals surface area contributed by atoms with E-state index >= 15 is 0 Å². The van der Waals surface area contributed by atoms with Crippen molar-refractivity contribution in [2.45, 2.75) is 19.3 Å². The molecule has 0 bridgehead atoms. The summed E-state index contributed by atoms with van der Waals surface area (Å²) in [5.74, 6) is 0.672. The van der Waals surface area contributed by atoms with Gasteiger partial charge in [0.15, 0.2) is 5.78 Å². The predicted molar refractivity (Wildman–Crippen MR) is 122 cm³/mol. The van der Waals surface area contributed by atoms with E-state index in [1.807, 2.05) is 0 Å². The van der Waals surface area contributed by atoms with Gasteiger partial charge < -0.3 is 9.64 Å². The molecule has 0 spiro atoms.